The molecule has 0 aliphatic heterocycles. The van der Waals surface area contributed by atoms with Crippen LogP contribution < -0.4 is 0 Å². The van der Waals surface area contributed by atoms with E-state index in [-0.39, 0.29) is 5.82 Å². The van der Waals surface area contributed by atoms with Crippen LogP contribution in [0.5, 0.6) is 0 Å². The van der Waals surface area contributed by atoms with E-state index in [0.717, 1.165) is 5.56 Å². The highest BCUT2D eigenvalue weighted by Crippen LogP contribution is 2.52. The lowest BCUT2D eigenvalue weighted by Crippen LogP contribution is -2.35. The van der Waals surface area contributed by atoms with Crippen molar-refractivity contribution >= 4 is 5.97 Å². The largest absolute Gasteiger partial charge is 0.467 e. The van der Waals surface area contributed by atoms with Gasteiger partial charge in [0, 0.05) is 5.41 Å². The molecule has 0 heterocycles. The van der Waals surface area contributed by atoms with Gasteiger partial charge in [-0.05, 0) is 31.4 Å². The zero-order valence-electron chi connectivity index (χ0n) is 9.87. The van der Waals surface area contributed by atoms with E-state index in [9.17, 15) is 14.3 Å². The molecule has 0 spiro atoms. The number of benzene rings is 1. The van der Waals surface area contributed by atoms with Crippen LogP contribution in [-0.2, 0) is 14.9 Å². The van der Waals surface area contributed by atoms with Gasteiger partial charge in [0.15, 0.2) is 6.10 Å². The normalized spacial score (nSPS) is 18.6. The second-order valence-electron chi connectivity index (χ2n) is 4.57. The second kappa shape index (κ2) is 4.11. The molecule has 3 nitrogen and oxygen atoms in total. The summed E-state index contributed by atoms with van der Waals surface area (Å²) >= 11 is 0. The van der Waals surface area contributed by atoms with Crippen molar-refractivity contribution < 1.29 is 19.0 Å². The topological polar surface area (TPSA) is 46.5 Å². The Kier molecular flexibility index (Phi) is 2.91. The molecule has 1 N–H and O–H groups in total. The summed E-state index contributed by atoms with van der Waals surface area (Å²) in [4.78, 5) is 11.4. The fourth-order valence-electron chi connectivity index (χ4n) is 2.18. The number of methoxy groups -OCH3 is 1. The lowest BCUT2D eigenvalue weighted by molar-refractivity contribution is -0.152. The van der Waals surface area contributed by atoms with Gasteiger partial charge in [-0.15, -0.1) is 0 Å². The van der Waals surface area contributed by atoms with Crippen LogP contribution in [0.25, 0.3) is 0 Å². The summed E-state index contributed by atoms with van der Waals surface area (Å²) in [5.74, 6) is -1.08. The number of aliphatic hydroxyl groups excluding tert-OH is 1. The summed E-state index contributed by atoms with van der Waals surface area (Å²) < 4.78 is 18.3. The van der Waals surface area contributed by atoms with E-state index in [4.69, 9.17) is 0 Å². The minimum Gasteiger partial charge on any atom is -0.467 e. The summed E-state index contributed by atoms with van der Waals surface area (Å²) in [7, 11) is 1.22. The number of aryl methyl sites for hydroxylation is 1. The number of ether oxygens (including phenoxy) is 1. The maximum absolute atomic E-state index is 13.8. The fraction of sp³-hybridized carbons (Fsp3) is 0.462. The maximum Gasteiger partial charge on any atom is 0.335 e. The molecular formula is C13H15FO3. The molecule has 1 saturated carbocycles. The fourth-order valence-corrected chi connectivity index (χ4v) is 2.18. The monoisotopic (exact) mass is 238 g/mol. The molecule has 0 saturated heterocycles. The molecule has 0 radical (unpaired) electrons. The standard InChI is InChI=1S/C13H15FO3/c1-8-3-4-10(14)9(7-8)13(5-6-13)11(15)12(16)17-2/h3-4,7,11,15H,5-6H2,1-2H3. The minimum absolute atomic E-state index is 0.379. The van der Waals surface area contributed by atoms with E-state index >= 15 is 0 Å². The molecule has 0 bridgehead atoms. The Bertz CT molecular complexity index is 452. The first-order valence-corrected chi connectivity index (χ1v) is 5.54. The molecule has 1 aromatic carbocycles. The molecule has 1 atom stereocenters. The van der Waals surface area contributed by atoms with Crippen molar-refractivity contribution in [2.24, 2.45) is 0 Å². The average Bonchev–Trinajstić information content (AvgIpc) is 3.11. The number of hydrogen-bond acceptors (Lipinski definition) is 3. The summed E-state index contributed by atoms with van der Waals surface area (Å²) in [5.41, 5.74) is 0.531. The van der Waals surface area contributed by atoms with Crippen molar-refractivity contribution in [1.29, 1.82) is 0 Å². The van der Waals surface area contributed by atoms with E-state index in [1.165, 1.54) is 13.2 Å². The molecule has 4 heteroatoms. The van der Waals surface area contributed by atoms with Gasteiger partial charge in [0.1, 0.15) is 5.82 Å². The highest BCUT2D eigenvalue weighted by molar-refractivity contribution is 5.77. The number of halogens is 1. The summed E-state index contributed by atoms with van der Waals surface area (Å²) in [6.07, 6.45) is -0.0865. The number of carbonyl (C=O) groups excluding carboxylic acids is 1. The predicted molar refractivity (Wildman–Crippen MR) is 60.1 cm³/mol. The molecule has 1 aromatic rings. The quantitative estimate of drug-likeness (QED) is 0.815. The van der Waals surface area contributed by atoms with E-state index in [1.807, 2.05) is 6.92 Å². The molecule has 1 aliphatic carbocycles. The first-order valence-electron chi connectivity index (χ1n) is 5.54. The third-order valence-corrected chi connectivity index (χ3v) is 3.39. The maximum atomic E-state index is 13.8. The molecular weight excluding hydrogens is 223 g/mol. The predicted octanol–water partition coefficient (Wildman–Crippen LogP) is 1.70. The summed E-state index contributed by atoms with van der Waals surface area (Å²) in [6.45, 7) is 1.85. The molecule has 92 valence electrons. The molecule has 17 heavy (non-hydrogen) atoms. The van der Waals surface area contributed by atoms with Gasteiger partial charge >= 0.3 is 5.97 Å². The number of esters is 1. The third-order valence-electron chi connectivity index (χ3n) is 3.39. The van der Waals surface area contributed by atoms with E-state index in [1.54, 1.807) is 12.1 Å². The summed E-state index contributed by atoms with van der Waals surface area (Å²) in [5, 5.41) is 9.94. The van der Waals surface area contributed by atoms with Crippen LogP contribution in [-0.4, -0.2) is 24.3 Å². The zero-order chi connectivity index (χ0) is 12.6. The minimum atomic E-state index is -1.29. The van der Waals surface area contributed by atoms with Crippen molar-refractivity contribution in [3.63, 3.8) is 0 Å². The van der Waals surface area contributed by atoms with Gasteiger partial charge in [0.25, 0.3) is 0 Å². The van der Waals surface area contributed by atoms with E-state index in [2.05, 4.69) is 4.74 Å². The van der Waals surface area contributed by atoms with E-state index < -0.39 is 17.5 Å². The number of aliphatic hydroxyl groups is 1. The van der Waals surface area contributed by atoms with Crippen molar-refractivity contribution in [2.45, 2.75) is 31.3 Å². The lowest BCUT2D eigenvalue weighted by Gasteiger charge is -2.21. The lowest BCUT2D eigenvalue weighted by atomic mass is 9.88. The summed E-state index contributed by atoms with van der Waals surface area (Å²) in [6, 6.07) is 4.72. The Balaban J connectivity index is 2.38. The van der Waals surface area contributed by atoms with Gasteiger partial charge < -0.3 is 9.84 Å². The zero-order valence-corrected chi connectivity index (χ0v) is 9.87. The Labute approximate surface area is 99.2 Å². The Hall–Kier alpha value is -1.42. The van der Waals surface area contributed by atoms with Crippen molar-refractivity contribution in [3.8, 4) is 0 Å². The van der Waals surface area contributed by atoms with Crippen molar-refractivity contribution in [3.05, 3.63) is 35.1 Å². The highest BCUT2D eigenvalue weighted by Gasteiger charge is 2.55. The smallest absolute Gasteiger partial charge is 0.335 e. The average molecular weight is 238 g/mol. The van der Waals surface area contributed by atoms with Crippen molar-refractivity contribution in [1.82, 2.24) is 0 Å². The van der Waals surface area contributed by atoms with Crippen LogP contribution in [0, 0.1) is 12.7 Å². The SMILES string of the molecule is COC(=O)C(O)C1(c2cc(C)ccc2F)CC1. The first kappa shape index (κ1) is 12.0. The number of hydrogen-bond donors (Lipinski definition) is 1. The molecule has 2 rings (SSSR count). The third kappa shape index (κ3) is 1.93. The van der Waals surface area contributed by atoms with E-state index in [0.29, 0.717) is 18.4 Å². The molecule has 1 unspecified atom stereocenters. The molecule has 0 aromatic heterocycles. The Morgan fingerprint density at radius 3 is 2.71 bits per heavy atom. The van der Waals surface area contributed by atoms with Crippen LogP contribution >= 0.6 is 0 Å². The van der Waals surface area contributed by atoms with Gasteiger partial charge in [0.05, 0.1) is 7.11 Å². The van der Waals surface area contributed by atoms with Gasteiger partial charge in [-0.1, -0.05) is 17.7 Å². The highest BCUT2D eigenvalue weighted by atomic mass is 19.1. The second-order valence-corrected chi connectivity index (χ2v) is 4.57. The Morgan fingerprint density at radius 2 is 2.18 bits per heavy atom. The van der Waals surface area contributed by atoms with Gasteiger partial charge in [-0.2, -0.15) is 0 Å². The van der Waals surface area contributed by atoms with Crippen LogP contribution in [0.2, 0.25) is 0 Å². The van der Waals surface area contributed by atoms with Gasteiger partial charge in [0.2, 0.25) is 0 Å². The van der Waals surface area contributed by atoms with Crippen molar-refractivity contribution in [2.75, 3.05) is 7.11 Å². The van der Waals surface area contributed by atoms with Crippen LogP contribution in [0.15, 0.2) is 18.2 Å². The number of carbonyl (C=O) groups is 1. The number of rotatable bonds is 3. The van der Waals surface area contributed by atoms with Gasteiger partial charge in [-0.3, -0.25) is 0 Å². The molecule has 1 fully saturated rings. The van der Waals surface area contributed by atoms with Gasteiger partial charge in [-0.25, -0.2) is 9.18 Å². The van der Waals surface area contributed by atoms with Crippen LogP contribution in [0.4, 0.5) is 4.39 Å². The van der Waals surface area contributed by atoms with Crippen LogP contribution in [0.1, 0.15) is 24.0 Å². The Morgan fingerprint density at radius 1 is 1.53 bits per heavy atom. The van der Waals surface area contributed by atoms with Crippen LogP contribution in [0.3, 0.4) is 0 Å². The molecule has 0 amide bonds. The molecule has 1 aliphatic rings. The first-order chi connectivity index (χ1) is 8.01.